The monoisotopic (exact) mass is 428 g/mol. The zero-order chi connectivity index (χ0) is 21.6. The van der Waals surface area contributed by atoms with Crippen LogP contribution in [0.5, 0.6) is 0 Å². The van der Waals surface area contributed by atoms with E-state index in [4.69, 9.17) is 0 Å². The summed E-state index contributed by atoms with van der Waals surface area (Å²) in [5, 5.41) is 12.8. The van der Waals surface area contributed by atoms with Gasteiger partial charge in [0.1, 0.15) is 0 Å². The van der Waals surface area contributed by atoms with Gasteiger partial charge in [0.2, 0.25) is 10.0 Å². The molecule has 0 saturated heterocycles. The molecule has 1 unspecified atom stereocenters. The molecule has 2 aromatic carbocycles. The minimum absolute atomic E-state index is 0.0459. The lowest BCUT2D eigenvalue weighted by Crippen LogP contribution is -2.25. The second-order valence-corrected chi connectivity index (χ2v) is 9.31. The van der Waals surface area contributed by atoms with Crippen LogP contribution in [-0.2, 0) is 10.0 Å². The number of rotatable bonds is 9. The Kier molecular flexibility index (Phi) is 7.29. The maximum atomic E-state index is 12.7. The standard InChI is InChI=1S/C23H28N2O4S/c1-17(19-10-6-3-7-11-19)25-22-13-12-20(16-21(22)23(26)27)30(28,29)24-15-14-18-8-4-2-5-9-18/h3,6-8,10-13,16-17,24-25H,2,4-5,9,14-15H2,1H3,(H,26,27). The van der Waals surface area contributed by atoms with Gasteiger partial charge < -0.3 is 10.4 Å². The third-order valence-electron chi connectivity index (χ3n) is 5.33. The van der Waals surface area contributed by atoms with Gasteiger partial charge >= 0.3 is 5.97 Å². The summed E-state index contributed by atoms with van der Waals surface area (Å²) in [6.45, 7) is 2.23. The molecular weight excluding hydrogens is 400 g/mol. The summed E-state index contributed by atoms with van der Waals surface area (Å²) in [5.74, 6) is -1.18. The van der Waals surface area contributed by atoms with Crippen LogP contribution in [0.25, 0.3) is 0 Å². The minimum atomic E-state index is -3.78. The van der Waals surface area contributed by atoms with Crippen molar-refractivity contribution in [1.82, 2.24) is 4.72 Å². The van der Waals surface area contributed by atoms with E-state index in [1.54, 1.807) is 0 Å². The third kappa shape index (κ3) is 5.70. The molecule has 0 radical (unpaired) electrons. The van der Waals surface area contributed by atoms with Crippen LogP contribution in [0.2, 0.25) is 0 Å². The van der Waals surface area contributed by atoms with E-state index in [0.29, 0.717) is 18.7 Å². The Morgan fingerprint density at radius 1 is 1.13 bits per heavy atom. The van der Waals surface area contributed by atoms with Crippen molar-refractivity contribution in [2.45, 2.75) is 50.0 Å². The molecule has 0 amide bonds. The number of allylic oxidation sites excluding steroid dienone is 1. The number of anilines is 1. The van der Waals surface area contributed by atoms with Gasteiger partial charge in [-0.3, -0.25) is 0 Å². The maximum absolute atomic E-state index is 12.7. The normalized spacial score (nSPS) is 15.3. The SMILES string of the molecule is CC(Nc1ccc(S(=O)(=O)NCCC2=CCCCC2)cc1C(=O)O)c1ccccc1. The highest BCUT2D eigenvalue weighted by atomic mass is 32.2. The minimum Gasteiger partial charge on any atom is -0.478 e. The lowest BCUT2D eigenvalue weighted by molar-refractivity contribution is 0.0697. The number of hydrogen-bond donors (Lipinski definition) is 3. The summed E-state index contributed by atoms with van der Waals surface area (Å²) in [4.78, 5) is 11.7. The van der Waals surface area contributed by atoms with Crippen molar-refractivity contribution in [3.05, 3.63) is 71.3 Å². The van der Waals surface area contributed by atoms with Crippen molar-refractivity contribution in [3.8, 4) is 0 Å². The molecule has 7 heteroatoms. The maximum Gasteiger partial charge on any atom is 0.337 e. The van der Waals surface area contributed by atoms with Crippen molar-refractivity contribution >= 4 is 21.7 Å². The zero-order valence-corrected chi connectivity index (χ0v) is 17.9. The summed E-state index contributed by atoms with van der Waals surface area (Å²) in [6.07, 6.45) is 7.28. The first-order chi connectivity index (χ1) is 14.4. The van der Waals surface area contributed by atoms with Crippen molar-refractivity contribution < 1.29 is 18.3 Å². The molecule has 1 aliphatic carbocycles. The lowest BCUT2D eigenvalue weighted by atomic mass is 9.97. The second-order valence-electron chi connectivity index (χ2n) is 7.55. The summed E-state index contributed by atoms with van der Waals surface area (Å²) < 4.78 is 27.9. The largest absolute Gasteiger partial charge is 0.478 e. The van der Waals surface area contributed by atoms with E-state index in [9.17, 15) is 18.3 Å². The molecular formula is C23H28N2O4S. The molecule has 0 bridgehead atoms. The fourth-order valence-corrected chi connectivity index (χ4v) is 4.67. The molecule has 0 aliphatic heterocycles. The van der Waals surface area contributed by atoms with Crippen LogP contribution in [-0.4, -0.2) is 26.0 Å². The number of carboxylic acids is 1. The zero-order valence-electron chi connectivity index (χ0n) is 17.1. The number of aromatic carboxylic acids is 1. The Bertz CT molecular complexity index is 1020. The van der Waals surface area contributed by atoms with Crippen LogP contribution in [0.4, 0.5) is 5.69 Å². The molecule has 3 N–H and O–H groups in total. The first kappa shape index (κ1) is 22.1. The van der Waals surface area contributed by atoms with Crippen molar-refractivity contribution in [2.24, 2.45) is 0 Å². The van der Waals surface area contributed by atoms with E-state index < -0.39 is 16.0 Å². The first-order valence-corrected chi connectivity index (χ1v) is 11.7. The summed E-state index contributed by atoms with van der Waals surface area (Å²) in [7, 11) is -3.78. The average Bonchev–Trinajstić information content (AvgIpc) is 2.75. The van der Waals surface area contributed by atoms with Crippen molar-refractivity contribution in [2.75, 3.05) is 11.9 Å². The third-order valence-corrected chi connectivity index (χ3v) is 6.79. The predicted molar refractivity (Wildman–Crippen MR) is 118 cm³/mol. The van der Waals surface area contributed by atoms with Gasteiger partial charge in [0.15, 0.2) is 0 Å². The molecule has 30 heavy (non-hydrogen) atoms. The molecule has 160 valence electrons. The highest BCUT2D eigenvalue weighted by molar-refractivity contribution is 7.89. The fourth-order valence-electron chi connectivity index (χ4n) is 3.61. The van der Waals surface area contributed by atoms with Crippen LogP contribution >= 0.6 is 0 Å². The van der Waals surface area contributed by atoms with Crippen LogP contribution < -0.4 is 10.0 Å². The molecule has 1 aliphatic rings. The van der Waals surface area contributed by atoms with Gasteiger partial charge in [-0.05, 0) is 62.8 Å². The van der Waals surface area contributed by atoms with Gasteiger partial charge in [-0.15, -0.1) is 0 Å². The molecule has 3 rings (SSSR count). The van der Waals surface area contributed by atoms with Crippen molar-refractivity contribution in [3.63, 3.8) is 0 Å². The Morgan fingerprint density at radius 3 is 2.57 bits per heavy atom. The molecule has 0 aromatic heterocycles. The van der Waals surface area contributed by atoms with Crippen LogP contribution in [0.15, 0.2) is 65.1 Å². The molecule has 0 fully saturated rings. The van der Waals surface area contributed by atoms with Gasteiger partial charge in [-0.2, -0.15) is 0 Å². The fraction of sp³-hybridized carbons (Fsp3) is 0.348. The molecule has 2 aromatic rings. The lowest BCUT2D eigenvalue weighted by Gasteiger charge is -2.18. The second kappa shape index (κ2) is 9.91. The Hall–Kier alpha value is -2.64. The highest BCUT2D eigenvalue weighted by Crippen LogP contribution is 2.26. The Morgan fingerprint density at radius 2 is 1.90 bits per heavy atom. The van der Waals surface area contributed by atoms with Gasteiger partial charge in [0.05, 0.1) is 10.5 Å². The summed E-state index contributed by atoms with van der Waals surface area (Å²) in [6, 6.07) is 13.7. The molecule has 6 nitrogen and oxygen atoms in total. The Labute approximate surface area is 178 Å². The number of carboxylic acid groups (broad SMARTS) is 1. The predicted octanol–water partition coefficient (Wildman–Crippen LogP) is 4.73. The van der Waals surface area contributed by atoms with Crippen LogP contribution in [0.3, 0.4) is 0 Å². The molecule has 0 heterocycles. The number of benzene rings is 2. The van der Waals surface area contributed by atoms with Crippen LogP contribution in [0, 0.1) is 0 Å². The highest BCUT2D eigenvalue weighted by Gasteiger charge is 2.20. The number of hydrogen-bond acceptors (Lipinski definition) is 4. The number of nitrogens with one attached hydrogen (secondary N) is 2. The average molecular weight is 429 g/mol. The number of carbonyl (C=O) groups is 1. The van der Waals surface area contributed by atoms with Crippen LogP contribution in [0.1, 0.15) is 61.0 Å². The van der Waals surface area contributed by atoms with Crippen molar-refractivity contribution in [1.29, 1.82) is 0 Å². The molecule has 1 atom stereocenters. The topological polar surface area (TPSA) is 95.5 Å². The smallest absolute Gasteiger partial charge is 0.337 e. The van der Waals surface area contributed by atoms with E-state index in [2.05, 4.69) is 16.1 Å². The molecule has 0 saturated carbocycles. The first-order valence-electron chi connectivity index (χ1n) is 10.2. The summed E-state index contributed by atoms with van der Waals surface area (Å²) in [5.41, 5.74) is 2.59. The number of sulfonamides is 1. The van der Waals surface area contributed by atoms with E-state index in [0.717, 1.165) is 24.8 Å². The Balaban J connectivity index is 1.73. The van der Waals surface area contributed by atoms with E-state index in [1.807, 2.05) is 37.3 Å². The van der Waals surface area contributed by atoms with Gasteiger partial charge in [0.25, 0.3) is 0 Å². The van der Waals surface area contributed by atoms with E-state index in [1.165, 1.54) is 30.2 Å². The van der Waals surface area contributed by atoms with Gasteiger partial charge in [0, 0.05) is 18.3 Å². The van der Waals surface area contributed by atoms with Gasteiger partial charge in [-0.1, -0.05) is 42.0 Å². The van der Waals surface area contributed by atoms with E-state index in [-0.39, 0.29) is 16.5 Å². The van der Waals surface area contributed by atoms with E-state index >= 15 is 0 Å². The molecule has 0 spiro atoms. The van der Waals surface area contributed by atoms with Gasteiger partial charge in [-0.25, -0.2) is 17.9 Å². The summed E-state index contributed by atoms with van der Waals surface area (Å²) >= 11 is 0. The quantitative estimate of drug-likeness (QED) is 0.502.